The van der Waals surface area contributed by atoms with Crippen LogP contribution >= 0.6 is 0 Å². The highest BCUT2D eigenvalue weighted by Gasteiger charge is 2.47. The van der Waals surface area contributed by atoms with Gasteiger partial charge in [0.15, 0.2) is 0 Å². The lowest BCUT2D eigenvalue weighted by Gasteiger charge is -2.50. The Balaban J connectivity index is 2.02. The zero-order valence-corrected chi connectivity index (χ0v) is 14.6. The number of hydrogen-bond acceptors (Lipinski definition) is 2. The number of nitrogens with zero attached hydrogens (tertiary/aromatic N) is 1. The van der Waals surface area contributed by atoms with Gasteiger partial charge in [-0.15, -0.1) is 0 Å². The van der Waals surface area contributed by atoms with Gasteiger partial charge in [-0.2, -0.15) is 0 Å². The summed E-state index contributed by atoms with van der Waals surface area (Å²) >= 11 is 0. The Kier molecular flexibility index (Phi) is 5.18. The van der Waals surface area contributed by atoms with Crippen molar-refractivity contribution in [1.82, 2.24) is 10.2 Å². The molecule has 3 unspecified atom stereocenters. The maximum absolute atomic E-state index is 3.90. The van der Waals surface area contributed by atoms with Crippen molar-refractivity contribution in [1.29, 1.82) is 0 Å². The average molecular weight is 280 g/mol. The summed E-state index contributed by atoms with van der Waals surface area (Å²) in [5, 5.41) is 3.90. The minimum atomic E-state index is 0.373. The van der Waals surface area contributed by atoms with Crippen molar-refractivity contribution in [2.24, 2.45) is 17.8 Å². The highest BCUT2D eigenvalue weighted by atomic mass is 15.3. The quantitative estimate of drug-likeness (QED) is 0.793. The third-order valence-electron chi connectivity index (χ3n) is 5.63. The van der Waals surface area contributed by atoms with Crippen molar-refractivity contribution in [3.05, 3.63) is 0 Å². The number of rotatable bonds is 6. The molecule has 2 heteroatoms. The topological polar surface area (TPSA) is 15.3 Å². The molecule has 2 rings (SSSR count). The van der Waals surface area contributed by atoms with Crippen LogP contribution in [0.2, 0.25) is 0 Å². The van der Waals surface area contributed by atoms with Crippen LogP contribution in [0, 0.1) is 17.8 Å². The Bertz CT molecular complexity index is 309. The SMILES string of the molecule is CC(C)CCC(C)N1CC(C)(C2CC2)NCC1C(C)C. The molecule has 0 radical (unpaired) electrons. The molecule has 3 atom stereocenters. The fourth-order valence-corrected chi connectivity index (χ4v) is 3.84. The lowest BCUT2D eigenvalue weighted by atomic mass is 9.86. The van der Waals surface area contributed by atoms with E-state index in [9.17, 15) is 0 Å². The van der Waals surface area contributed by atoms with Crippen LogP contribution in [-0.4, -0.2) is 35.6 Å². The van der Waals surface area contributed by atoms with Crippen LogP contribution in [0.4, 0.5) is 0 Å². The molecule has 2 nitrogen and oxygen atoms in total. The number of nitrogens with one attached hydrogen (secondary N) is 1. The maximum Gasteiger partial charge on any atom is 0.0309 e. The zero-order chi connectivity index (χ0) is 14.9. The van der Waals surface area contributed by atoms with Crippen molar-refractivity contribution in [2.75, 3.05) is 13.1 Å². The van der Waals surface area contributed by atoms with Gasteiger partial charge in [0.1, 0.15) is 0 Å². The second-order valence-electron chi connectivity index (χ2n) is 8.38. The summed E-state index contributed by atoms with van der Waals surface area (Å²) in [5.41, 5.74) is 0.373. The van der Waals surface area contributed by atoms with Crippen LogP contribution in [0.25, 0.3) is 0 Å². The van der Waals surface area contributed by atoms with E-state index in [1.165, 1.54) is 38.8 Å². The number of hydrogen-bond donors (Lipinski definition) is 1. The van der Waals surface area contributed by atoms with Gasteiger partial charge in [-0.3, -0.25) is 4.90 Å². The van der Waals surface area contributed by atoms with E-state index in [0.717, 1.165) is 23.8 Å². The van der Waals surface area contributed by atoms with Crippen molar-refractivity contribution >= 4 is 0 Å². The Morgan fingerprint density at radius 2 is 1.75 bits per heavy atom. The fourth-order valence-electron chi connectivity index (χ4n) is 3.84. The minimum Gasteiger partial charge on any atom is -0.308 e. The van der Waals surface area contributed by atoms with Crippen molar-refractivity contribution in [3.63, 3.8) is 0 Å². The van der Waals surface area contributed by atoms with Gasteiger partial charge in [0.25, 0.3) is 0 Å². The molecular formula is C18H36N2. The molecule has 1 saturated heterocycles. The van der Waals surface area contributed by atoms with Crippen molar-refractivity contribution in [2.45, 2.75) is 84.8 Å². The monoisotopic (exact) mass is 280 g/mol. The van der Waals surface area contributed by atoms with E-state index in [2.05, 4.69) is 51.8 Å². The Morgan fingerprint density at radius 1 is 1.10 bits per heavy atom. The van der Waals surface area contributed by atoms with Gasteiger partial charge < -0.3 is 5.32 Å². The summed E-state index contributed by atoms with van der Waals surface area (Å²) in [6, 6.07) is 1.44. The summed E-state index contributed by atoms with van der Waals surface area (Å²) < 4.78 is 0. The Labute approximate surface area is 126 Å². The van der Waals surface area contributed by atoms with Gasteiger partial charge in [-0.1, -0.05) is 27.7 Å². The van der Waals surface area contributed by atoms with Gasteiger partial charge in [0, 0.05) is 30.7 Å². The first kappa shape index (κ1) is 16.3. The molecule has 0 bridgehead atoms. The van der Waals surface area contributed by atoms with Gasteiger partial charge in [-0.05, 0) is 57.3 Å². The van der Waals surface area contributed by atoms with E-state index < -0.39 is 0 Å². The molecule has 0 spiro atoms. The van der Waals surface area contributed by atoms with E-state index in [4.69, 9.17) is 0 Å². The van der Waals surface area contributed by atoms with Gasteiger partial charge in [-0.25, -0.2) is 0 Å². The molecule has 1 aliphatic carbocycles. The lowest BCUT2D eigenvalue weighted by Crippen LogP contribution is -2.66. The summed E-state index contributed by atoms with van der Waals surface area (Å²) in [4.78, 5) is 2.84. The van der Waals surface area contributed by atoms with E-state index in [1.54, 1.807) is 0 Å². The van der Waals surface area contributed by atoms with Crippen LogP contribution in [0.15, 0.2) is 0 Å². The van der Waals surface area contributed by atoms with Crippen LogP contribution in [0.1, 0.15) is 67.2 Å². The van der Waals surface area contributed by atoms with Crippen LogP contribution < -0.4 is 5.32 Å². The molecule has 1 N–H and O–H groups in total. The molecule has 20 heavy (non-hydrogen) atoms. The first-order chi connectivity index (χ1) is 9.33. The van der Waals surface area contributed by atoms with Gasteiger partial charge >= 0.3 is 0 Å². The Morgan fingerprint density at radius 3 is 2.25 bits per heavy atom. The first-order valence-corrected chi connectivity index (χ1v) is 8.84. The van der Waals surface area contributed by atoms with Gasteiger partial charge in [0.2, 0.25) is 0 Å². The summed E-state index contributed by atoms with van der Waals surface area (Å²) in [6.07, 6.45) is 5.58. The smallest absolute Gasteiger partial charge is 0.0309 e. The van der Waals surface area contributed by atoms with Crippen LogP contribution in [-0.2, 0) is 0 Å². The third kappa shape index (κ3) is 3.76. The average Bonchev–Trinajstić information content (AvgIpc) is 3.19. The molecule has 0 aromatic carbocycles. The predicted octanol–water partition coefficient (Wildman–Crippen LogP) is 3.91. The van der Waals surface area contributed by atoms with E-state index in [-0.39, 0.29) is 0 Å². The maximum atomic E-state index is 3.90. The van der Waals surface area contributed by atoms with Crippen LogP contribution in [0.3, 0.4) is 0 Å². The van der Waals surface area contributed by atoms with Crippen LogP contribution in [0.5, 0.6) is 0 Å². The Hall–Kier alpha value is -0.0800. The summed E-state index contributed by atoms with van der Waals surface area (Å²) in [6.45, 7) is 16.8. The summed E-state index contributed by atoms with van der Waals surface area (Å²) in [5.74, 6) is 2.50. The molecule has 0 aromatic rings. The second kappa shape index (κ2) is 6.36. The van der Waals surface area contributed by atoms with Crippen molar-refractivity contribution in [3.8, 4) is 0 Å². The fraction of sp³-hybridized carbons (Fsp3) is 1.00. The largest absolute Gasteiger partial charge is 0.308 e. The molecule has 1 heterocycles. The second-order valence-corrected chi connectivity index (χ2v) is 8.38. The van der Waals surface area contributed by atoms with Crippen molar-refractivity contribution < 1.29 is 0 Å². The van der Waals surface area contributed by atoms with E-state index in [0.29, 0.717) is 11.6 Å². The molecule has 0 aromatic heterocycles. The highest BCUT2D eigenvalue weighted by molar-refractivity contribution is 5.05. The molecule has 2 fully saturated rings. The molecular weight excluding hydrogens is 244 g/mol. The zero-order valence-electron chi connectivity index (χ0n) is 14.6. The highest BCUT2D eigenvalue weighted by Crippen LogP contribution is 2.42. The summed E-state index contributed by atoms with van der Waals surface area (Å²) in [7, 11) is 0. The molecule has 1 saturated carbocycles. The molecule has 118 valence electrons. The lowest BCUT2D eigenvalue weighted by molar-refractivity contribution is 0.0196. The van der Waals surface area contributed by atoms with Gasteiger partial charge in [0.05, 0.1) is 0 Å². The first-order valence-electron chi connectivity index (χ1n) is 8.84. The standard InChI is InChI=1S/C18H36N2/c1-13(2)7-8-15(5)20-12-18(6,16-9-10-16)19-11-17(20)14(3)4/h13-17,19H,7-12H2,1-6H3. The van der Waals surface area contributed by atoms with E-state index >= 15 is 0 Å². The molecule has 0 amide bonds. The minimum absolute atomic E-state index is 0.373. The molecule has 2 aliphatic rings. The predicted molar refractivity (Wildman–Crippen MR) is 88.0 cm³/mol. The molecule has 1 aliphatic heterocycles. The third-order valence-corrected chi connectivity index (χ3v) is 5.63. The van der Waals surface area contributed by atoms with E-state index in [1.807, 2.05) is 0 Å². The number of piperazine rings is 1. The normalized spacial score (nSPS) is 33.9.